The maximum absolute atomic E-state index is 13.0. The van der Waals surface area contributed by atoms with Gasteiger partial charge in [-0.2, -0.15) is 0 Å². The Hall–Kier alpha value is -1.92. The van der Waals surface area contributed by atoms with E-state index in [0.29, 0.717) is 16.4 Å². The number of rotatable bonds is 4. The Labute approximate surface area is 128 Å². The van der Waals surface area contributed by atoms with Gasteiger partial charge in [-0.25, -0.2) is 4.39 Å². The molecule has 0 radical (unpaired) electrons. The summed E-state index contributed by atoms with van der Waals surface area (Å²) in [5.41, 5.74) is 6.41. The molecule has 2 aromatic rings. The molecule has 0 saturated heterocycles. The molecule has 0 aliphatic rings. The van der Waals surface area contributed by atoms with Crippen molar-refractivity contribution in [3.63, 3.8) is 0 Å². The van der Waals surface area contributed by atoms with E-state index in [-0.39, 0.29) is 10.6 Å². The first-order chi connectivity index (χ1) is 9.95. The fraction of sp³-hybridized carbons (Fsp3) is 0.0714. The molecule has 0 spiro atoms. The number of hydrogen-bond donors (Lipinski definition) is 2. The zero-order valence-electron chi connectivity index (χ0n) is 10.8. The van der Waals surface area contributed by atoms with Crippen molar-refractivity contribution in [2.24, 2.45) is 0 Å². The van der Waals surface area contributed by atoms with Gasteiger partial charge in [-0.3, -0.25) is 9.00 Å². The van der Waals surface area contributed by atoms with Gasteiger partial charge in [-0.15, -0.1) is 0 Å². The monoisotopic (exact) mass is 326 g/mol. The van der Waals surface area contributed by atoms with Gasteiger partial charge in [-0.1, -0.05) is 17.7 Å². The summed E-state index contributed by atoms with van der Waals surface area (Å²) in [7, 11) is -1.63. The van der Waals surface area contributed by atoms with E-state index in [4.69, 9.17) is 17.3 Å². The van der Waals surface area contributed by atoms with E-state index in [9.17, 15) is 13.4 Å². The first-order valence-electron chi connectivity index (χ1n) is 5.94. The molecular formula is C14H12ClFN2O2S. The molecule has 0 heterocycles. The highest BCUT2D eigenvalue weighted by molar-refractivity contribution is 7.85. The Morgan fingerprint density at radius 1 is 1.29 bits per heavy atom. The number of carbonyl (C=O) groups is 1. The molecule has 3 N–H and O–H groups in total. The minimum atomic E-state index is -1.63. The van der Waals surface area contributed by atoms with E-state index < -0.39 is 22.5 Å². The van der Waals surface area contributed by atoms with Crippen molar-refractivity contribution in [2.45, 2.75) is 4.90 Å². The van der Waals surface area contributed by atoms with Gasteiger partial charge in [0.2, 0.25) is 5.91 Å². The van der Waals surface area contributed by atoms with Gasteiger partial charge in [0.15, 0.2) is 0 Å². The van der Waals surface area contributed by atoms with Crippen LogP contribution in [-0.4, -0.2) is 15.9 Å². The minimum absolute atomic E-state index is 0.259. The highest BCUT2D eigenvalue weighted by atomic mass is 35.5. The molecule has 2 rings (SSSR count). The van der Waals surface area contributed by atoms with E-state index >= 15 is 0 Å². The van der Waals surface area contributed by atoms with Gasteiger partial charge >= 0.3 is 0 Å². The van der Waals surface area contributed by atoms with Crippen LogP contribution < -0.4 is 11.1 Å². The predicted molar refractivity (Wildman–Crippen MR) is 82.2 cm³/mol. The molecule has 0 saturated carbocycles. The number of nitrogens with two attached hydrogens (primary N) is 1. The van der Waals surface area contributed by atoms with Crippen LogP contribution in [0.1, 0.15) is 0 Å². The second-order valence-electron chi connectivity index (χ2n) is 4.23. The third kappa shape index (κ3) is 4.27. The van der Waals surface area contributed by atoms with Gasteiger partial charge in [0.05, 0.1) is 22.2 Å². The molecular weight excluding hydrogens is 315 g/mol. The summed E-state index contributed by atoms with van der Waals surface area (Å²) >= 11 is 5.76. The minimum Gasteiger partial charge on any atom is -0.397 e. The summed E-state index contributed by atoms with van der Waals surface area (Å²) in [5.74, 6) is -1.26. The SMILES string of the molecule is Nc1cc(Cl)ccc1NC(=O)CS(=O)c1cccc(F)c1. The third-order valence-corrected chi connectivity index (χ3v) is 4.15. The lowest BCUT2D eigenvalue weighted by Gasteiger charge is -2.08. The number of nitrogens with one attached hydrogen (secondary N) is 1. The Bertz CT molecular complexity index is 709. The second-order valence-corrected chi connectivity index (χ2v) is 6.11. The molecule has 1 atom stereocenters. The van der Waals surface area contributed by atoms with Crippen molar-refractivity contribution in [1.82, 2.24) is 0 Å². The zero-order chi connectivity index (χ0) is 15.4. The van der Waals surface area contributed by atoms with Crippen LogP contribution >= 0.6 is 11.6 Å². The first-order valence-corrected chi connectivity index (χ1v) is 7.64. The normalized spacial score (nSPS) is 11.9. The Morgan fingerprint density at radius 2 is 2.05 bits per heavy atom. The number of amides is 1. The van der Waals surface area contributed by atoms with Crippen LogP contribution in [0.4, 0.5) is 15.8 Å². The molecule has 1 unspecified atom stereocenters. The van der Waals surface area contributed by atoms with Crippen molar-refractivity contribution in [3.8, 4) is 0 Å². The molecule has 21 heavy (non-hydrogen) atoms. The number of carbonyl (C=O) groups excluding carboxylic acids is 1. The summed E-state index contributed by atoms with van der Waals surface area (Å²) in [6.07, 6.45) is 0. The quantitative estimate of drug-likeness (QED) is 0.849. The van der Waals surface area contributed by atoms with Gasteiger partial charge in [0.1, 0.15) is 11.6 Å². The number of nitrogen functional groups attached to an aromatic ring is 1. The van der Waals surface area contributed by atoms with E-state index in [0.717, 1.165) is 6.07 Å². The number of hydrogen-bond acceptors (Lipinski definition) is 3. The van der Waals surface area contributed by atoms with Crippen LogP contribution in [0.5, 0.6) is 0 Å². The molecule has 0 aliphatic carbocycles. The highest BCUT2D eigenvalue weighted by Crippen LogP contribution is 2.22. The van der Waals surface area contributed by atoms with Crippen molar-refractivity contribution < 1.29 is 13.4 Å². The summed E-state index contributed by atoms with van der Waals surface area (Å²) in [5, 5.41) is 3.00. The fourth-order valence-corrected chi connectivity index (χ4v) is 2.78. The second kappa shape index (κ2) is 6.69. The fourth-order valence-electron chi connectivity index (χ4n) is 1.64. The lowest BCUT2D eigenvalue weighted by atomic mass is 10.2. The van der Waals surface area contributed by atoms with Crippen molar-refractivity contribution in [2.75, 3.05) is 16.8 Å². The van der Waals surface area contributed by atoms with Crippen LogP contribution in [0.15, 0.2) is 47.4 Å². The summed E-state index contributed by atoms with van der Waals surface area (Å²) in [6.45, 7) is 0. The van der Waals surface area contributed by atoms with Gasteiger partial charge in [0.25, 0.3) is 0 Å². The average molecular weight is 327 g/mol. The van der Waals surface area contributed by atoms with Crippen LogP contribution in [-0.2, 0) is 15.6 Å². The predicted octanol–water partition coefficient (Wildman–Crippen LogP) is 2.81. The molecule has 0 fully saturated rings. The van der Waals surface area contributed by atoms with E-state index in [1.54, 1.807) is 12.1 Å². The van der Waals surface area contributed by atoms with Gasteiger partial charge in [0, 0.05) is 9.92 Å². The van der Waals surface area contributed by atoms with Crippen LogP contribution in [0.25, 0.3) is 0 Å². The standard InChI is InChI=1S/C14H12ClFN2O2S/c15-9-4-5-13(12(17)6-9)18-14(19)8-21(20)11-3-1-2-10(16)7-11/h1-7H,8,17H2,(H,18,19). The molecule has 0 aromatic heterocycles. The summed E-state index contributed by atoms with van der Waals surface area (Å²) < 4.78 is 25.0. The molecule has 2 aromatic carbocycles. The largest absolute Gasteiger partial charge is 0.397 e. The van der Waals surface area contributed by atoms with Gasteiger partial charge in [-0.05, 0) is 36.4 Å². The molecule has 0 bridgehead atoms. The molecule has 0 aliphatic heterocycles. The molecule has 4 nitrogen and oxygen atoms in total. The van der Waals surface area contributed by atoms with Crippen LogP contribution in [0, 0.1) is 5.82 Å². The zero-order valence-corrected chi connectivity index (χ0v) is 12.4. The Balaban J connectivity index is 2.03. The number of halogens is 2. The lowest BCUT2D eigenvalue weighted by Crippen LogP contribution is -2.20. The van der Waals surface area contributed by atoms with E-state index in [1.165, 1.54) is 24.3 Å². The average Bonchev–Trinajstić information content (AvgIpc) is 2.42. The Morgan fingerprint density at radius 3 is 2.71 bits per heavy atom. The Kier molecular flexibility index (Phi) is 4.93. The van der Waals surface area contributed by atoms with Crippen LogP contribution in [0.2, 0.25) is 5.02 Å². The maximum atomic E-state index is 13.0. The first kappa shape index (κ1) is 15.5. The summed E-state index contributed by atoms with van der Waals surface area (Å²) in [4.78, 5) is 12.1. The molecule has 7 heteroatoms. The van der Waals surface area contributed by atoms with Gasteiger partial charge < -0.3 is 11.1 Å². The van der Waals surface area contributed by atoms with Crippen LogP contribution in [0.3, 0.4) is 0 Å². The third-order valence-electron chi connectivity index (χ3n) is 2.61. The lowest BCUT2D eigenvalue weighted by molar-refractivity contribution is -0.113. The maximum Gasteiger partial charge on any atom is 0.237 e. The summed E-state index contributed by atoms with van der Waals surface area (Å²) in [6, 6.07) is 9.97. The van der Waals surface area contributed by atoms with E-state index in [2.05, 4.69) is 5.32 Å². The number of anilines is 2. The topological polar surface area (TPSA) is 72.2 Å². The highest BCUT2D eigenvalue weighted by Gasteiger charge is 2.12. The number of benzene rings is 2. The smallest absolute Gasteiger partial charge is 0.237 e. The van der Waals surface area contributed by atoms with Crippen molar-refractivity contribution in [1.29, 1.82) is 0 Å². The molecule has 110 valence electrons. The van der Waals surface area contributed by atoms with Crippen molar-refractivity contribution in [3.05, 3.63) is 53.3 Å². The van der Waals surface area contributed by atoms with E-state index in [1.807, 2.05) is 0 Å². The molecule has 1 amide bonds. The van der Waals surface area contributed by atoms with Crippen molar-refractivity contribution >= 4 is 39.7 Å².